The highest BCUT2D eigenvalue weighted by atomic mass is 32.2. The number of aliphatic hydroxyl groups excluding tert-OH is 1. The van der Waals surface area contributed by atoms with Crippen molar-refractivity contribution in [3.63, 3.8) is 0 Å². The molecule has 0 aromatic carbocycles. The Labute approximate surface area is 157 Å². The number of carbonyl (C=O) groups excluding carboxylic acids is 1. The maximum absolute atomic E-state index is 11.6. The van der Waals surface area contributed by atoms with Gasteiger partial charge in [-0.1, -0.05) is 0 Å². The second-order valence-corrected chi connectivity index (χ2v) is 10.7. The summed E-state index contributed by atoms with van der Waals surface area (Å²) >= 11 is 0. The lowest BCUT2D eigenvalue weighted by molar-refractivity contribution is -0.248. The van der Waals surface area contributed by atoms with Crippen LogP contribution in [-0.4, -0.2) is 92.3 Å². The molecule has 0 aromatic rings. The minimum atomic E-state index is -4.19. The van der Waals surface area contributed by atoms with Crippen LogP contribution in [0.15, 0.2) is 0 Å². The molecule has 0 unspecified atom stereocenters. The molecule has 1 fully saturated rings. The largest absolute Gasteiger partial charge is 0.366 e. The highest BCUT2D eigenvalue weighted by Crippen LogP contribution is 2.27. The third-order valence-corrected chi connectivity index (χ3v) is 4.77. The molecule has 2 N–H and O–H groups in total. The monoisotopic (exact) mass is 455 g/mol. The summed E-state index contributed by atoms with van der Waals surface area (Å²) in [5.74, 6) is -0.735. The van der Waals surface area contributed by atoms with Gasteiger partial charge < -0.3 is 15.2 Å². The van der Waals surface area contributed by atoms with Crippen molar-refractivity contribution in [2.75, 3.05) is 25.4 Å². The van der Waals surface area contributed by atoms with Gasteiger partial charge in [0.2, 0.25) is 5.91 Å². The van der Waals surface area contributed by atoms with Gasteiger partial charge in [-0.3, -0.25) is 17.3 Å². The van der Waals surface area contributed by atoms with Crippen LogP contribution in [0.4, 0.5) is 0 Å². The highest BCUT2D eigenvalue weighted by molar-refractivity contribution is 7.86. The van der Waals surface area contributed by atoms with Crippen molar-refractivity contribution < 1.29 is 52.4 Å². The third-order valence-electron chi connectivity index (χ3n) is 3.06. The molecule has 27 heavy (non-hydrogen) atoms. The smallest absolute Gasteiger partial charge is 0.264 e. The molecule has 160 valence electrons. The average Bonchev–Trinajstić information content (AvgIpc) is 2.40. The molecule has 5 atom stereocenters. The second kappa shape index (κ2) is 8.64. The molecule has 0 spiro atoms. The molecule has 0 radical (unpaired) electrons. The number of ether oxygens (including phenoxy) is 1. The van der Waals surface area contributed by atoms with Gasteiger partial charge in [0, 0.05) is 6.92 Å². The predicted octanol–water partition coefficient (Wildman–Crippen LogP) is -3.13. The van der Waals surface area contributed by atoms with Crippen LogP contribution < -0.4 is 5.32 Å². The Balaban J connectivity index is 3.32. The first-order valence-corrected chi connectivity index (χ1v) is 12.6. The minimum Gasteiger partial charge on any atom is -0.366 e. The van der Waals surface area contributed by atoms with Crippen molar-refractivity contribution >= 4 is 36.3 Å². The first-order valence-electron chi connectivity index (χ1n) is 7.20. The Morgan fingerprint density at radius 2 is 1.44 bits per heavy atom. The van der Waals surface area contributed by atoms with E-state index in [1.807, 2.05) is 0 Å². The van der Waals surface area contributed by atoms with Gasteiger partial charge in [-0.2, -0.15) is 25.3 Å². The number of hydrogen-bond acceptors (Lipinski definition) is 12. The Bertz CT molecular complexity index is 849. The minimum absolute atomic E-state index is 0.663. The number of rotatable bonds is 8. The molecule has 0 aliphatic carbocycles. The average molecular weight is 455 g/mol. The molecule has 0 bridgehead atoms. The van der Waals surface area contributed by atoms with Crippen molar-refractivity contribution in [1.29, 1.82) is 0 Å². The zero-order chi connectivity index (χ0) is 21.2. The third kappa shape index (κ3) is 8.77. The van der Waals surface area contributed by atoms with Gasteiger partial charge in [0.05, 0.1) is 31.4 Å². The van der Waals surface area contributed by atoms with Crippen LogP contribution in [0.3, 0.4) is 0 Å². The fraction of sp³-hybridized carbons (Fsp3) is 0.909. The van der Waals surface area contributed by atoms with Crippen LogP contribution in [0.25, 0.3) is 0 Å². The maximum Gasteiger partial charge on any atom is 0.264 e. The van der Waals surface area contributed by atoms with E-state index < -0.39 is 73.5 Å². The van der Waals surface area contributed by atoms with Crippen molar-refractivity contribution in [3.05, 3.63) is 0 Å². The number of aliphatic hydroxyl groups is 1. The summed E-state index contributed by atoms with van der Waals surface area (Å²) in [6.07, 6.45) is -4.88. The van der Waals surface area contributed by atoms with E-state index >= 15 is 0 Å². The fourth-order valence-corrected chi connectivity index (χ4v) is 3.93. The molecular formula is C11H21NO12S3. The van der Waals surface area contributed by atoms with Crippen LogP contribution in [0.1, 0.15) is 6.92 Å². The Kier molecular flexibility index (Phi) is 7.73. The first kappa shape index (κ1) is 24.2. The summed E-state index contributed by atoms with van der Waals surface area (Å²) in [4.78, 5) is 11.5. The Hall–Kier alpha value is -0.880. The molecule has 0 saturated carbocycles. The highest BCUT2D eigenvalue weighted by Gasteiger charge is 2.50. The zero-order valence-corrected chi connectivity index (χ0v) is 17.2. The van der Waals surface area contributed by atoms with E-state index in [2.05, 4.69) is 9.50 Å². The molecule has 1 saturated heterocycles. The molecular weight excluding hydrogens is 434 g/mol. The molecule has 1 heterocycles. The Morgan fingerprint density at radius 1 is 0.963 bits per heavy atom. The quantitative estimate of drug-likeness (QED) is 0.351. The van der Waals surface area contributed by atoms with E-state index in [0.29, 0.717) is 12.5 Å². The maximum atomic E-state index is 11.6. The van der Waals surface area contributed by atoms with E-state index in [1.54, 1.807) is 0 Å². The summed E-state index contributed by atoms with van der Waals surface area (Å²) < 4.78 is 87.5. The predicted molar refractivity (Wildman–Crippen MR) is 88.7 cm³/mol. The van der Waals surface area contributed by atoms with Gasteiger partial charge in [-0.25, -0.2) is 0 Å². The SMILES string of the molecule is CC(=O)N[C@H]1[C@@H](OS(C)(=O)=O)[C@H](O)O[C@H](COS(C)(=O)=O)[C@H]1OS(C)(=O)=O. The summed E-state index contributed by atoms with van der Waals surface area (Å²) in [6.45, 7) is 0.261. The van der Waals surface area contributed by atoms with Crippen molar-refractivity contribution in [2.45, 2.75) is 37.6 Å². The summed E-state index contributed by atoms with van der Waals surface area (Å²) in [5, 5.41) is 12.3. The zero-order valence-electron chi connectivity index (χ0n) is 14.8. The van der Waals surface area contributed by atoms with Crippen LogP contribution in [0.2, 0.25) is 0 Å². The molecule has 1 amide bonds. The van der Waals surface area contributed by atoms with Crippen LogP contribution in [0, 0.1) is 0 Å². The van der Waals surface area contributed by atoms with E-state index in [4.69, 9.17) is 13.1 Å². The van der Waals surface area contributed by atoms with Gasteiger partial charge in [-0.15, -0.1) is 0 Å². The lowest BCUT2D eigenvalue weighted by Crippen LogP contribution is -2.66. The number of carbonyl (C=O) groups is 1. The summed E-state index contributed by atoms with van der Waals surface area (Å²) in [7, 11) is -12.3. The van der Waals surface area contributed by atoms with Crippen LogP contribution in [-0.2, 0) is 52.4 Å². The number of amides is 1. The first-order chi connectivity index (χ1) is 12.0. The van der Waals surface area contributed by atoms with E-state index in [9.17, 15) is 35.2 Å². The van der Waals surface area contributed by atoms with Gasteiger partial charge in [-0.05, 0) is 0 Å². The van der Waals surface area contributed by atoms with E-state index in [1.165, 1.54) is 0 Å². The van der Waals surface area contributed by atoms with Crippen LogP contribution in [0.5, 0.6) is 0 Å². The normalized spacial score (nSPS) is 30.0. The van der Waals surface area contributed by atoms with E-state index in [0.717, 1.165) is 13.2 Å². The number of hydrogen-bond donors (Lipinski definition) is 2. The molecule has 13 nitrogen and oxygen atoms in total. The fourth-order valence-electron chi connectivity index (χ4n) is 2.29. The molecule has 16 heteroatoms. The molecule has 1 aliphatic heterocycles. The van der Waals surface area contributed by atoms with Gasteiger partial charge in [0.15, 0.2) is 12.4 Å². The molecule has 0 aromatic heterocycles. The molecule has 1 aliphatic rings. The van der Waals surface area contributed by atoms with Crippen molar-refractivity contribution in [1.82, 2.24) is 5.32 Å². The van der Waals surface area contributed by atoms with Crippen molar-refractivity contribution in [3.8, 4) is 0 Å². The van der Waals surface area contributed by atoms with Gasteiger partial charge >= 0.3 is 0 Å². The molecule has 1 rings (SSSR count). The number of nitrogens with one attached hydrogen (secondary N) is 1. The second-order valence-electron chi connectivity index (χ2n) is 5.81. The standard InChI is InChI=1S/C11H21NO12S3/c1-6(13)12-8-9(23-26(3,17)18)7(5-21-25(2,15)16)22-11(14)10(8)24-27(4,19)20/h7-11,14H,5H2,1-4H3,(H,12,13)/t7-,8-,9-,10-,11-/m1/s1. The Morgan fingerprint density at radius 3 is 1.85 bits per heavy atom. The van der Waals surface area contributed by atoms with Crippen molar-refractivity contribution in [2.24, 2.45) is 0 Å². The lowest BCUT2D eigenvalue weighted by atomic mass is 9.96. The summed E-state index contributed by atoms with van der Waals surface area (Å²) in [6, 6.07) is -1.54. The lowest BCUT2D eigenvalue weighted by Gasteiger charge is -2.43. The van der Waals surface area contributed by atoms with E-state index in [-0.39, 0.29) is 0 Å². The topological polar surface area (TPSA) is 189 Å². The van der Waals surface area contributed by atoms with Crippen LogP contribution >= 0.6 is 0 Å². The summed E-state index contributed by atoms with van der Waals surface area (Å²) in [5.41, 5.74) is 0. The van der Waals surface area contributed by atoms with Gasteiger partial charge in [0.1, 0.15) is 12.2 Å². The van der Waals surface area contributed by atoms with Gasteiger partial charge in [0.25, 0.3) is 30.4 Å².